The van der Waals surface area contributed by atoms with Crippen molar-refractivity contribution in [2.45, 2.75) is 20.0 Å². The van der Waals surface area contributed by atoms with Gasteiger partial charge in [0.1, 0.15) is 5.69 Å². The van der Waals surface area contributed by atoms with Crippen LogP contribution in [0.4, 0.5) is 0 Å². The van der Waals surface area contributed by atoms with Gasteiger partial charge in [0.15, 0.2) is 0 Å². The summed E-state index contributed by atoms with van der Waals surface area (Å²) in [4.78, 5) is 11.8. The van der Waals surface area contributed by atoms with Crippen molar-refractivity contribution in [1.82, 2.24) is 30.1 Å². The van der Waals surface area contributed by atoms with Crippen LogP contribution in [0.1, 0.15) is 23.0 Å². The zero-order valence-corrected chi connectivity index (χ0v) is 9.79. The number of nitrogens with one attached hydrogen (secondary N) is 1. The largest absolute Gasteiger partial charge is 0.346 e. The van der Waals surface area contributed by atoms with Gasteiger partial charge in [0.05, 0.1) is 12.4 Å². The highest BCUT2D eigenvalue weighted by Gasteiger charge is 2.11. The van der Waals surface area contributed by atoms with Gasteiger partial charge in [-0.15, -0.1) is 5.10 Å². The van der Waals surface area contributed by atoms with Crippen molar-refractivity contribution in [2.75, 3.05) is 0 Å². The number of carbonyl (C=O) groups is 1. The summed E-state index contributed by atoms with van der Waals surface area (Å²) in [6, 6.07) is 0. The molecule has 0 spiro atoms. The molecule has 7 heteroatoms. The van der Waals surface area contributed by atoms with E-state index in [2.05, 4.69) is 20.7 Å². The molecule has 0 aliphatic carbocycles. The Hall–Kier alpha value is -2.18. The molecule has 0 fully saturated rings. The molecule has 0 bridgehead atoms. The zero-order valence-electron chi connectivity index (χ0n) is 9.79. The lowest BCUT2D eigenvalue weighted by molar-refractivity contribution is 0.0940. The van der Waals surface area contributed by atoms with E-state index in [1.807, 2.05) is 20.2 Å². The number of amides is 1. The highest BCUT2D eigenvalue weighted by Crippen LogP contribution is 1.99. The van der Waals surface area contributed by atoms with Gasteiger partial charge in [-0.3, -0.25) is 9.48 Å². The third-order valence-electron chi connectivity index (χ3n) is 2.36. The molecule has 2 heterocycles. The van der Waals surface area contributed by atoms with Crippen LogP contribution in [-0.2, 0) is 20.1 Å². The molecule has 0 saturated heterocycles. The first-order valence-electron chi connectivity index (χ1n) is 5.35. The van der Waals surface area contributed by atoms with Gasteiger partial charge >= 0.3 is 0 Å². The average Bonchev–Trinajstić information content (AvgIpc) is 2.94. The maximum atomic E-state index is 11.8. The normalized spacial score (nSPS) is 10.5. The second-order valence-corrected chi connectivity index (χ2v) is 3.64. The lowest BCUT2D eigenvalue weighted by Gasteiger charge is -2.04. The first-order valence-corrected chi connectivity index (χ1v) is 5.35. The van der Waals surface area contributed by atoms with Gasteiger partial charge in [0.2, 0.25) is 0 Å². The third-order valence-corrected chi connectivity index (χ3v) is 2.36. The second kappa shape index (κ2) is 4.77. The Morgan fingerprint density at radius 1 is 1.47 bits per heavy atom. The molecule has 1 N–H and O–H groups in total. The summed E-state index contributed by atoms with van der Waals surface area (Å²) in [6.07, 6.45) is 5.04. The Morgan fingerprint density at radius 3 is 2.94 bits per heavy atom. The number of nitrogens with zero attached hydrogens (tertiary/aromatic N) is 5. The molecule has 2 rings (SSSR count). The Bertz CT molecular complexity index is 514. The first kappa shape index (κ1) is 11.3. The molecule has 0 unspecified atom stereocenters. The van der Waals surface area contributed by atoms with Crippen LogP contribution in [0.3, 0.4) is 0 Å². The third kappa shape index (κ3) is 2.49. The fraction of sp³-hybridized carbons (Fsp3) is 0.400. The quantitative estimate of drug-likeness (QED) is 0.805. The summed E-state index contributed by atoms with van der Waals surface area (Å²) in [7, 11) is 1.83. The Kier molecular flexibility index (Phi) is 3.17. The maximum absolute atomic E-state index is 11.8. The summed E-state index contributed by atoms with van der Waals surface area (Å²) in [5, 5.41) is 14.3. The van der Waals surface area contributed by atoms with Gasteiger partial charge in [-0.2, -0.15) is 5.10 Å². The van der Waals surface area contributed by atoms with Gasteiger partial charge in [-0.1, -0.05) is 5.21 Å². The monoisotopic (exact) mass is 234 g/mol. The minimum absolute atomic E-state index is 0.180. The predicted molar refractivity (Wildman–Crippen MR) is 60.1 cm³/mol. The standard InChI is InChI=1S/C10H14N6O/c1-3-16-9(6-12-14-16)10(17)11-4-8-5-13-15(2)7-8/h5-7H,3-4H2,1-2H3,(H,11,17). The molecular weight excluding hydrogens is 220 g/mol. The van der Waals surface area contributed by atoms with E-state index in [9.17, 15) is 4.79 Å². The van der Waals surface area contributed by atoms with E-state index in [-0.39, 0.29) is 5.91 Å². The summed E-state index contributed by atoms with van der Waals surface area (Å²) < 4.78 is 3.25. The first-order chi connectivity index (χ1) is 8.20. The zero-order chi connectivity index (χ0) is 12.3. The Balaban J connectivity index is 1.98. The number of hydrogen-bond acceptors (Lipinski definition) is 4. The number of aryl methyl sites for hydroxylation is 2. The summed E-state index contributed by atoms with van der Waals surface area (Å²) >= 11 is 0. The lowest BCUT2D eigenvalue weighted by atomic mass is 10.3. The summed E-state index contributed by atoms with van der Waals surface area (Å²) in [5.74, 6) is -0.180. The Morgan fingerprint density at radius 2 is 2.29 bits per heavy atom. The van der Waals surface area contributed by atoms with Crippen molar-refractivity contribution in [1.29, 1.82) is 0 Å². The summed E-state index contributed by atoms with van der Waals surface area (Å²) in [5.41, 5.74) is 1.42. The molecule has 0 aliphatic heterocycles. The van der Waals surface area contributed by atoms with E-state index in [4.69, 9.17) is 0 Å². The molecule has 17 heavy (non-hydrogen) atoms. The van der Waals surface area contributed by atoms with Crippen molar-refractivity contribution in [2.24, 2.45) is 7.05 Å². The minimum Gasteiger partial charge on any atom is -0.346 e. The molecular formula is C10H14N6O. The van der Waals surface area contributed by atoms with E-state index < -0.39 is 0 Å². The average molecular weight is 234 g/mol. The van der Waals surface area contributed by atoms with Crippen molar-refractivity contribution >= 4 is 5.91 Å². The second-order valence-electron chi connectivity index (χ2n) is 3.64. The molecule has 2 aromatic rings. The number of rotatable bonds is 4. The SMILES string of the molecule is CCn1nncc1C(=O)NCc1cnn(C)c1. The van der Waals surface area contributed by atoms with E-state index in [1.54, 1.807) is 15.6 Å². The highest BCUT2D eigenvalue weighted by molar-refractivity contribution is 5.92. The van der Waals surface area contributed by atoms with Gasteiger partial charge in [0.25, 0.3) is 5.91 Å². The molecule has 0 aliphatic rings. The topological polar surface area (TPSA) is 77.6 Å². The van der Waals surface area contributed by atoms with Gasteiger partial charge in [-0.25, -0.2) is 4.68 Å². The van der Waals surface area contributed by atoms with Crippen LogP contribution >= 0.6 is 0 Å². The van der Waals surface area contributed by atoms with Crippen molar-refractivity contribution in [3.63, 3.8) is 0 Å². The number of aromatic nitrogens is 5. The van der Waals surface area contributed by atoms with Crippen molar-refractivity contribution in [3.05, 3.63) is 29.8 Å². The molecule has 1 amide bonds. The predicted octanol–water partition coefficient (Wildman–Crippen LogP) is -0.0385. The van der Waals surface area contributed by atoms with Gasteiger partial charge in [0, 0.05) is 31.9 Å². The van der Waals surface area contributed by atoms with Crippen LogP contribution in [-0.4, -0.2) is 30.7 Å². The fourth-order valence-corrected chi connectivity index (χ4v) is 1.50. The van der Waals surface area contributed by atoms with E-state index in [1.165, 1.54) is 6.20 Å². The van der Waals surface area contributed by atoms with Crippen LogP contribution in [0.5, 0.6) is 0 Å². The molecule has 90 valence electrons. The molecule has 0 aromatic carbocycles. The van der Waals surface area contributed by atoms with Crippen LogP contribution in [0.2, 0.25) is 0 Å². The van der Waals surface area contributed by atoms with Crippen LogP contribution in [0.25, 0.3) is 0 Å². The minimum atomic E-state index is -0.180. The number of hydrogen-bond donors (Lipinski definition) is 1. The molecule has 2 aromatic heterocycles. The van der Waals surface area contributed by atoms with E-state index in [0.29, 0.717) is 18.8 Å². The highest BCUT2D eigenvalue weighted by atomic mass is 16.2. The molecule has 7 nitrogen and oxygen atoms in total. The lowest BCUT2D eigenvalue weighted by Crippen LogP contribution is -2.25. The van der Waals surface area contributed by atoms with Gasteiger partial charge < -0.3 is 5.32 Å². The number of carbonyl (C=O) groups excluding carboxylic acids is 1. The van der Waals surface area contributed by atoms with Crippen LogP contribution in [0.15, 0.2) is 18.6 Å². The molecule has 0 radical (unpaired) electrons. The molecule has 0 atom stereocenters. The van der Waals surface area contributed by atoms with E-state index in [0.717, 1.165) is 5.56 Å². The smallest absolute Gasteiger partial charge is 0.271 e. The van der Waals surface area contributed by atoms with Crippen LogP contribution in [0, 0.1) is 0 Å². The fourth-order valence-electron chi connectivity index (χ4n) is 1.50. The Labute approximate surface area is 98.4 Å². The molecule has 0 saturated carbocycles. The van der Waals surface area contributed by atoms with Crippen molar-refractivity contribution < 1.29 is 4.79 Å². The van der Waals surface area contributed by atoms with Crippen molar-refractivity contribution in [3.8, 4) is 0 Å². The maximum Gasteiger partial charge on any atom is 0.271 e. The van der Waals surface area contributed by atoms with Crippen LogP contribution < -0.4 is 5.32 Å². The van der Waals surface area contributed by atoms with E-state index >= 15 is 0 Å². The van der Waals surface area contributed by atoms with Gasteiger partial charge in [-0.05, 0) is 6.92 Å². The summed E-state index contributed by atoms with van der Waals surface area (Å²) in [6.45, 7) is 2.98.